The molecule has 2 rings (SSSR count). The lowest BCUT2D eigenvalue weighted by atomic mass is 9.77. The molecule has 1 N–H and O–H groups in total. The van der Waals surface area contributed by atoms with Crippen molar-refractivity contribution in [2.24, 2.45) is 5.92 Å². The van der Waals surface area contributed by atoms with Gasteiger partial charge in [-0.25, -0.2) is 4.79 Å². The van der Waals surface area contributed by atoms with Crippen LogP contribution >= 0.6 is 15.9 Å². The number of piperidine rings is 1. The van der Waals surface area contributed by atoms with E-state index in [9.17, 15) is 9.59 Å². The van der Waals surface area contributed by atoms with Gasteiger partial charge in [0, 0.05) is 18.5 Å². The molecule has 0 aromatic heterocycles. The Balaban J connectivity index is 2.17. The first-order valence-electron chi connectivity index (χ1n) is 5.28. The molecule has 0 spiro atoms. The van der Waals surface area contributed by atoms with Gasteiger partial charge in [-0.15, -0.1) is 0 Å². The Morgan fingerprint density at radius 2 is 2.13 bits per heavy atom. The van der Waals surface area contributed by atoms with Crippen LogP contribution < -0.4 is 0 Å². The predicted molar refractivity (Wildman–Crippen MR) is 58.2 cm³/mol. The number of hydrogen-bond acceptors (Lipinski definition) is 2. The normalized spacial score (nSPS) is 36.2. The van der Waals surface area contributed by atoms with Gasteiger partial charge in [-0.2, -0.15) is 0 Å². The van der Waals surface area contributed by atoms with Crippen molar-refractivity contribution in [3.63, 3.8) is 0 Å². The molecule has 0 aromatic carbocycles. The Hall–Kier alpha value is -0.580. The third-order valence-electron chi connectivity index (χ3n) is 3.41. The summed E-state index contributed by atoms with van der Waals surface area (Å²) in [5.74, 6) is 0.116. The minimum absolute atomic E-state index is 0.0625. The van der Waals surface area contributed by atoms with Crippen LogP contribution in [0, 0.1) is 5.92 Å². The lowest BCUT2D eigenvalue weighted by molar-refractivity contribution is -0.127. The largest absolute Gasteiger partial charge is 0.465 e. The summed E-state index contributed by atoms with van der Waals surface area (Å²) in [7, 11) is 0. The molecule has 5 heteroatoms. The Labute approximate surface area is 96.8 Å². The van der Waals surface area contributed by atoms with Crippen LogP contribution in [0.5, 0.6) is 0 Å². The lowest BCUT2D eigenvalue weighted by Crippen LogP contribution is -2.54. The number of ketones is 1. The van der Waals surface area contributed by atoms with Gasteiger partial charge in [-0.3, -0.25) is 4.79 Å². The first kappa shape index (κ1) is 10.9. The van der Waals surface area contributed by atoms with Crippen molar-refractivity contribution in [3.8, 4) is 0 Å². The molecule has 1 amide bonds. The summed E-state index contributed by atoms with van der Waals surface area (Å²) in [6, 6.07) is -0.0717. The zero-order valence-electron chi connectivity index (χ0n) is 8.36. The third kappa shape index (κ3) is 1.89. The van der Waals surface area contributed by atoms with E-state index < -0.39 is 6.09 Å². The van der Waals surface area contributed by atoms with E-state index in [0.29, 0.717) is 6.54 Å². The molecular weight excluding hydrogens is 262 g/mol. The predicted octanol–water partition coefficient (Wildman–Crippen LogP) is 1.87. The summed E-state index contributed by atoms with van der Waals surface area (Å²) in [5.41, 5.74) is 0. The van der Waals surface area contributed by atoms with E-state index in [0.717, 1.165) is 25.7 Å². The van der Waals surface area contributed by atoms with Gasteiger partial charge in [0.2, 0.25) is 0 Å². The first-order valence-corrected chi connectivity index (χ1v) is 6.20. The van der Waals surface area contributed by atoms with Crippen LogP contribution in [0.15, 0.2) is 0 Å². The minimum Gasteiger partial charge on any atom is -0.465 e. The van der Waals surface area contributed by atoms with Crippen LogP contribution in [0.4, 0.5) is 4.79 Å². The molecule has 15 heavy (non-hydrogen) atoms. The molecule has 1 saturated heterocycles. The molecule has 2 fully saturated rings. The Morgan fingerprint density at radius 1 is 1.40 bits per heavy atom. The highest BCUT2D eigenvalue weighted by molar-refractivity contribution is 9.10. The monoisotopic (exact) mass is 275 g/mol. The number of Topliss-reactive ketones (excluding diaryl/α,β-unsaturated/α-hetero) is 1. The lowest BCUT2D eigenvalue weighted by Gasteiger charge is -2.42. The average Bonchev–Trinajstić information content (AvgIpc) is 2.23. The van der Waals surface area contributed by atoms with Crippen LogP contribution in [0.1, 0.15) is 25.7 Å². The van der Waals surface area contributed by atoms with Crippen LogP contribution in [0.2, 0.25) is 0 Å². The molecule has 4 nitrogen and oxygen atoms in total. The maximum absolute atomic E-state index is 11.9. The number of halogens is 1. The van der Waals surface area contributed by atoms with Crippen molar-refractivity contribution in [1.82, 2.24) is 4.90 Å². The van der Waals surface area contributed by atoms with Crippen LogP contribution in [-0.4, -0.2) is 39.3 Å². The van der Waals surface area contributed by atoms with Gasteiger partial charge in [-0.05, 0) is 25.7 Å². The van der Waals surface area contributed by atoms with Crippen molar-refractivity contribution in [2.45, 2.75) is 36.6 Å². The third-order valence-corrected chi connectivity index (χ3v) is 4.32. The summed E-state index contributed by atoms with van der Waals surface area (Å²) in [5, 5.41) is 9.03. The van der Waals surface area contributed by atoms with Gasteiger partial charge >= 0.3 is 6.09 Å². The topological polar surface area (TPSA) is 57.6 Å². The number of carbonyl (C=O) groups excluding carboxylic acids is 1. The Kier molecular flexibility index (Phi) is 3.00. The molecule has 3 atom stereocenters. The number of carbonyl (C=O) groups is 2. The second-order valence-corrected chi connectivity index (χ2v) is 5.34. The number of fused-ring (bicyclic) bond motifs is 1. The zero-order chi connectivity index (χ0) is 11.0. The van der Waals surface area contributed by atoms with Crippen molar-refractivity contribution in [2.75, 3.05) is 6.54 Å². The molecule has 1 heterocycles. The van der Waals surface area contributed by atoms with E-state index in [-0.39, 0.29) is 22.6 Å². The number of hydrogen-bond donors (Lipinski definition) is 1. The molecule has 0 radical (unpaired) electrons. The van der Waals surface area contributed by atoms with Crippen molar-refractivity contribution >= 4 is 27.8 Å². The number of likely N-dealkylation sites (tertiary alicyclic amines) is 1. The fourth-order valence-corrected chi connectivity index (χ4v) is 3.28. The smallest absolute Gasteiger partial charge is 0.407 e. The van der Waals surface area contributed by atoms with E-state index in [1.165, 1.54) is 4.90 Å². The zero-order valence-corrected chi connectivity index (χ0v) is 9.94. The minimum atomic E-state index is -0.884. The maximum atomic E-state index is 11.9. The van der Waals surface area contributed by atoms with Crippen LogP contribution in [0.25, 0.3) is 0 Å². The number of nitrogens with zero attached hydrogens (tertiary/aromatic N) is 1. The van der Waals surface area contributed by atoms with Crippen LogP contribution in [0.3, 0.4) is 0 Å². The van der Waals surface area contributed by atoms with Gasteiger partial charge in [-0.1, -0.05) is 15.9 Å². The number of alkyl halides is 1. The fourth-order valence-electron chi connectivity index (χ4n) is 2.67. The number of rotatable bonds is 0. The van der Waals surface area contributed by atoms with Crippen molar-refractivity contribution in [3.05, 3.63) is 0 Å². The number of carboxylic acid groups (broad SMARTS) is 1. The summed E-state index contributed by atoms with van der Waals surface area (Å²) in [6.45, 7) is 0.580. The standard InChI is InChI=1S/C10H14BrNO3/c11-7-3-4-8-6(9(7)13)2-1-5-12(8)10(14)15/h6-8H,1-5H2,(H,14,15). The second-order valence-electron chi connectivity index (χ2n) is 4.24. The summed E-state index contributed by atoms with van der Waals surface area (Å²) < 4.78 is 0. The van der Waals surface area contributed by atoms with Crippen molar-refractivity contribution < 1.29 is 14.7 Å². The van der Waals surface area contributed by atoms with Gasteiger partial charge < -0.3 is 10.0 Å². The average molecular weight is 276 g/mol. The van der Waals surface area contributed by atoms with E-state index >= 15 is 0 Å². The van der Waals surface area contributed by atoms with E-state index in [1.807, 2.05) is 0 Å². The molecular formula is C10H14BrNO3. The Bertz CT molecular complexity index is 294. The molecule has 0 bridgehead atoms. The SMILES string of the molecule is O=C1C(Br)CCC2C1CCCN2C(=O)O. The van der Waals surface area contributed by atoms with E-state index in [4.69, 9.17) is 5.11 Å². The van der Waals surface area contributed by atoms with Gasteiger partial charge in [0.1, 0.15) is 0 Å². The summed E-state index contributed by atoms with van der Waals surface area (Å²) >= 11 is 3.36. The van der Waals surface area contributed by atoms with Crippen LogP contribution in [-0.2, 0) is 4.79 Å². The second kappa shape index (κ2) is 4.12. The van der Waals surface area contributed by atoms with E-state index in [2.05, 4.69) is 15.9 Å². The maximum Gasteiger partial charge on any atom is 0.407 e. The quantitative estimate of drug-likeness (QED) is 0.687. The summed E-state index contributed by atoms with van der Waals surface area (Å²) in [4.78, 5) is 24.2. The highest BCUT2D eigenvalue weighted by atomic mass is 79.9. The molecule has 84 valence electrons. The molecule has 2 aliphatic rings. The van der Waals surface area contributed by atoms with E-state index in [1.54, 1.807) is 0 Å². The molecule has 1 aliphatic carbocycles. The fraction of sp³-hybridized carbons (Fsp3) is 0.800. The van der Waals surface area contributed by atoms with Crippen molar-refractivity contribution in [1.29, 1.82) is 0 Å². The highest BCUT2D eigenvalue weighted by Crippen LogP contribution is 2.35. The number of amides is 1. The van der Waals surface area contributed by atoms with Gasteiger partial charge in [0.15, 0.2) is 5.78 Å². The summed E-state index contributed by atoms with van der Waals surface area (Å²) in [6.07, 6.45) is 2.32. The van der Waals surface area contributed by atoms with Gasteiger partial charge in [0.25, 0.3) is 0 Å². The molecule has 1 saturated carbocycles. The molecule has 1 aliphatic heterocycles. The highest BCUT2D eigenvalue weighted by Gasteiger charge is 2.43. The molecule has 0 aromatic rings. The first-order chi connectivity index (χ1) is 7.11. The molecule has 3 unspecified atom stereocenters. The van der Waals surface area contributed by atoms with Gasteiger partial charge in [0.05, 0.1) is 4.83 Å². The Morgan fingerprint density at radius 3 is 2.80 bits per heavy atom.